The number of carbonyl (C=O) groups is 2. The standard InChI is InChI=1S/C36H24N4O3S/c37-22-26-17-20-30(23-9-3-1-4-10-23)40-35(26)44-33(25-11-5-2-6-12-25)34(41)38-27-18-15-24(16-19-27)32-21-29(36(42)43)28-13-7-8-14-31(28)39-32/h1-21,33H,(H,38,41)(H,42,43). The van der Waals surface area contributed by atoms with Crippen molar-refractivity contribution in [2.75, 3.05) is 5.32 Å². The summed E-state index contributed by atoms with van der Waals surface area (Å²) in [7, 11) is 0. The van der Waals surface area contributed by atoms with Gasteiger partial charge in [-0.15, -0.1) is 0 Å². The first-order valence-electron chi connectivity index (χ1n) is 13.7. The average Bonchev–Trinajstić information content (AvgIpc) is 3.07. The van der Waals surface area contributed by atoms with Crippen LogP contribution in [-0.2, 0) is 4.79 Å². The summed E-state index contributed by atoms with van der Waals surface area (Å²) >= 11 is 1.22. The van der Waals surface area contributed by atoms with E-state index in [4.69, 9.17) is 4.98 Å². The number of carboxylic acids is 1. The summed E-state index contributed by atoms with van der Waals surface area (Å²) in [6, 6.07) is 40.6. The highest BCUT2D eigenvalue weighted by Gasteiger charge is 2.25. The number of aromatic carboxylic acids is 1. The highest BCUT2D eigenvalue weighted by atomic mass is 32.2. The smallest absolute Gasteiger partial charge is 0.336 e. The van der Waals surface area contributed by atoms with Crippen LogP contribution in [0.25, 0.3) is 33.4 Å². The molecule has 1 atom stereocenters. The number of amides is 1. The fraction of sp³-hybridized carbons (Fsp3) is 0.0278. The van der Waals surface area contributed by atoms with E-state index in [9.17, 15) is 20.0 Å². The van der Waals surface area contributed by atoms with Crippen molar-refractivity contribution in [1.82, 2.24) is 9.97 Å². The summed E-state index contributed by atoms with van der Waals surface area (Å²) in [5.74, 6) is -1.30. The zero-order valence-corrected chi connectivity index (χ0v) is 24.0. The number of nitriles is 1. The molecule has 0 bridgehead atoms. The molecular weight excluding hydrogens is 568 g/mol. The Kier molecular flexibility index (Phi) is 8.13. The fourth-order valence-electron chi connectivity index (χ4n) is 4.83. The van der Waals surface area contributed by atoms with Crippen LogP contribution >= 0.6 is 11.8 Å². The number of nitrogens with one attached hydrogen (secondary N) is 1. The number of nitrogens with zero attached hydrogens (tertiary/aromatic N) is 3. The van der Waals surface area contributed by atoms with Gasteiger partial charge in [0.1, 0.15) is 16.3 Å². The second-order valence-electron chi connectivity index (χ2n) is 9.88. The molecule has 0 aliphatic carbocycles. The summed E-state index contributed by atoms with van der Waals surface area (Å²) in [4.78, 5) is 35.1. The molecule has 0 spiro atoms. The van der Waals surface area contributed by atoms with Crippen LogP contribution in [0.1, 0.15) is 26.7 Å². The molecule has 0 fully saturated rings. The molecule has 8 heteroatoms. The molecule has 2 aromatic heterocycles. The van der Waals surface area contributed by atoms with Crippen LogP contribution < -0.4 is 5.32 Å². The van der Waals surface area contributed by atoms with Gasteiger partial charge in [-0.05, 0) is 42.0 Å². The van der Waals surface area contributed by atoms with Gasteiger partial charge in [0.05, 0.1) is 28.0 Å². The third kappa shape index (κ3) is 6.04. The van der Waals surface area contributed by atoms with Gasteiger partial charge in [-0.1, -0.05) is 103 Å². The molecule has 0 saturated carbocycles. The second-order valence-corrected chi connectivity index (χ2v) is 11.0. The van der Waals surface area contributed by atoms with Crippen LogP contribution in [0, 0.1) is 11.3 Å². The number of hydrogen-bond donors (Lipinski definition) is 2. The summed E-state index contributed by atoms with van der Waals surface area (Å²) in [6.07, 6.45) is 0. The highest BCUT2D eigenvalue weighted by Crippen LogP contribution is 2.38. The van der Waals surface area contributed by atoms with Crippen molar-refractivity contribution in [3.05, 3.63) is 144 Å². The van der Waals surface area contributed by atoms with Crippen LogP contribution in [0.4, 0.5) is 5.69 Å². The van der Waals surface area contributed by atoms with E-state index in [2.05, 4.69) is 16.4 Å². The number of carbonyl (C=O) groups excluding carboxylic acids is 1. The molecule has 2 heterocycles. The van der Waals surface area contributed by atoms with Crippen LogP contribution in [-0.4, -0.2) is 27.0 Å². The van der Waals surface area contributed by atoms with E-state index in [0.29, 0.717) is 44.1 Å². The lowest BCUT2D eigenvalue weighted by Crippen LogP contribution is -2.19. The minimum absolute atomic E-state index is 0.174. The zero-order valence-electron chi connectivity index (χ0n) is 23.2. The van der Waals surface area contributed by atoms with E-state index >= 15 is 0 Å². The van der Waals surface area contributed by atoms with Gasteiger partial charge in [0, 0.05) is 22.2 Å². The van der Waals surface area contributed by atoms with Gasteiger partial charge in [0.25, 0.3) is 0 Å². The number of para-hydroxylation sites is 1. The van der Waals surface area contributed by atoms with Crippen LogP contribution in [0.5, 0.6) is 0 Å². The Bertz CT molecular complexity index is 2030. The number of anilines is 1. The van der Waals surface area contributed by atoms with Crippen LogP contribution in [0.2, 0.25) is 0 Å². The number of carboxylic acid groups (broad SMARTS) is 1. The van der Waals surface area contributed by atoms with Gasteiger partial charge in [-0.2, -0.15) is 5.26 Å². The zero-order chi connectivity index (χ0) is 30.5. The quantitative estimate of drug-likeness (QED) is 0.172. The number of benzene rings is 4. The van der Waals surface area contributed by atoms with Gasteiger partial charge in [0.2, 0.25) is 5.91 Å². The minimum atomic E-state index is -1.03. The van der Waals surface area contributed by atoms with E-state index < -0.39 is 11.2 Å². The van der Waals surface area contributed by atoms with E-state index in [1.54, 1.807) is 60.7 Å². The Morgan fingerprint density at radius 3 is 2.11 bits per heavy atom. The largest absolute Gasteiger partial charge is 0.478 e. The molecule has 0 radical (unpaired) electrons. The van der Waals surface area contributed by atoms with Gasteiger partial charge in [0.15, 0.2) is 0 Å². The number of fused-ring (bicyclic) bond motifs is 1. The first kappa shape index (κ1) is 28.3. The maximum atomic E-state index is 13.8. The van der Waals surface area contributed by atoms with Crippen molar-refractivity contribution in [2.45, 2.75) is 10.3 Å². The van der Waals surface area contributed by atoms with Gasteiger partial charge < -0.3 is 10.4 Å². The lowest BCUT2D eigenvalue weighted by Gasteiger charge is -2.18. The van der Waals surface area contributed by atoms with E-state index in [0.717, 1.165) is 11.1 Å². The van der Waals surface area contributed by atoms with Crippen molar-refractivity contribution in [2.24, 2.45) is 0 Å². The van der Waals surface area contributed by atoms with Crippen molar-refractivity contribution in [1.29, 1.82) is 5.26 Å². The number of thioether (sulfide) groups is 1. The molecule has 1 amide bonds. The number of rotatable bonds is 8. The molecule has 212 valence electrons. The van der Waals surface area contributed by atoms with Gasteiger partial charge in [-0.3, -0.25) is 4.79 Å². The molecule has 1 unspecified atom stereocenters. The lowest BCUT2D eigenvalue weighted by molar-refractivity contribution is -0.115. The average molecular weight is 593 g/mol. The molecule has 2 N–H and O–H groups in total. The summed E-state index contributed by atoms with van der Waals surface area (Å²) in [5, 5.41) is 22.9. The fourth-order valence-corrected chi connectivity index (χ4v) is 5.90. The Morgan fingerprint density at radius 1 is 0.750 bits per heavy atom. The molecule has 6 rings (SSSR count). The Labute approximate surface area is 257 Å². The van der Waals surface area contributed by atoms with E-state index in [1.807, 2.05) is 66.7 Å². The van der Waals surface area contributed by atoms with E-state index in [1.165, 1.54) is 11.8 Å². The molecule has 4 aromatic carbocycles. The predicted octanol–water partition coefficient (Wildman–Crippen LogP) is 8.01. The lowest BCUT2D eigenvalue weighted by atomic mass is 10.0. The van der Waals surface area contributed by atoms with Gasteiger partial charge >= 0.3 is 5.97 Å². The minimum Gasteiger partial charge on any atom is -0.478 e. The Hall–Kier alpha value is -5.78. The number of pyridine rings is 2. The molecule has 7 nitrogen and oxygen atoms in total. The topological polar surface area (TPSA) is 116 Å². The van der Waals surface area contributed by atoms with E-state index in [-0.39, 0.29) is 11.5 Å². The first-order chi connectivity index (χ1) is 21.5. The molecule has 0 aliphatic heterocycles. The third-order valence-corrected chi connectivity index (χ3v) is 8.27. The summed E-state index contributed by atoms with van der Waals surface area (Å²) in [5.41, 5.74) is 5.33. The van der Waals surface area contributed by atoms with Crippen molar-refractivity contribution in [3.8, 4) is 28.6 Å². The summed E-state index contributed by atoms with van der Waals surface area (Å²) in [6.45, 7) is 0. The molecule has 0 saturated heterocycles. The van der Waals surface area contributed by atoms with Crippen molar-refractivity contribution in [3.63, 3.8) is 0 Å². The molecule has 0 aliphatic rings. The second kappa shape index (κ2) is 12.6. The Morgan fingerprint density at radius 2 is 1.41 bits per heavy atom. The molecular formula is C36H24N4O3S. The van der Waals surface area contributed by atoms with Crippen LogP contribution in [0.15, 0.2) is 132 Å². The Balaban J connectivity index is 1.28. The normalized spacial score (nSPS) is 11.4. The predicted molar refractivity (Wildman–Crippen MR) is 172 cm³/mol. The number of aromatic nitrogens is 2. The maximum absolute atomic E-state index is 13.8. The van der Waals surface area contributed by atoms with Crippen molar-refractivity contribution >= 4 is 40.2 Å². The third-order valence-electron chi connectivity index (χ3n) is 7.02. The SMILES string of the molecule is N#Cc1ccc(-c2ccccc2)nc1SC(C(=O)Nc1ccc(-c2cc(C(=O)O)c3ccccc3n2)cc1)c1ccccc1. The summed E-state index contributed by atoms with van der Waals surface area (Å²) < 4.78 is 0. The van der Waals surface area contributed by atoms with Crippen LogP contribution in [0.3, 0.4) is 0 Å². The van der Waals surface area contributed by atoms with Crippen molar-refractivity contribution < 1.29 is 14.7 Å². The monoisotopic (exact) mass is 592 g/mol. The molecule has 44 heavy (non-hydrogen) atoms. The maximum Gasteiger partial charge on any atom is 0.336 e. The highest BCUT2D eigenvalue weighted by molar-refractivity contribution is 8.00. The number of hydrogen-bond acceptors (Lipinski definition) is 6. The van der Waals surface area contributed by atoms with Gasteiger partial charge in [-0.25, -0.2) is 14.8 Å². The molecule has 6 aromatic rings. The first-order valence-corrected chi connectivity index (χ1v) is 14.6.